The van der Waals surface area contributed by atoms with Gasteiger partial charge < -0.3 is 5.32 Å². The van der Waals surface area contributed by atoms with Crippen molar-refractivity contribution in [3.05, 3.63) is 77.2 Å². The van der Waals surface area contributed by atoms with Crippen molar-refractivity contribution in [2.75, 3.05) is 11.9 Å². The smallest absolute Gasteiger partial charge is 0.259 e. The number of nitrogens with one attached hydrogen (secondary N) is 1. The zero-order valence-corrected chi connectivity index (χ0v) is 17.0. The van der Waals surface area contributed by atoms with Gasteiger partial charge in [0.05, 0.1) is 5.69 Å². The van der Waals surface area contributed by atoms with Gasteiger partial charge >= 0.3 is 0 Å². The van der Waals surface area contributed by atoms with E-state index in [2.05, 4.69) is 48.1 Å². The van der Waals surface area contributed by atoms with Gasteiger partial charge in [-0.3, -0.25) is 14.5 Å². The van der Waals surface area contributed by atoms with Gasteiger partial charge in [-0.1, -0.05) is 62.4 Å². The van der Waals surface area contributed by atoms with Gasteiger partial charge in [0.15, 0.2) is 5.13 Å². The number of aromatic nitrogens is 1. The number of carbonyl (C=O) groups excluding carboxylic acids is 2. The summed E-state index contributed by atoms with van der Waals surface area (Å²) in [5.74, 6) is -0.501. The summed E-state index contributed by atoms with van der Waals surface area (Å²) < 4.78 is 0. The molecule has 0 spiro atoms. The van der Waals surface area contributed by atoms with Crippen molar-refractivity contribution in [1.82, 2.24) is 9.88 Å². The molecular formula is C23H21N3O2S. The molecule has 0 aliphatic carbocycles. The molecule has 0 atom stereocenters. The fourth-order valence-corrected chi connectivity index (χ4v) is 4.13. The second-order valence-corrected chi connectivity index (χ2v) is 7.77. The van der Waals surface area contributed by atoms with Crippen LogP contribution in [0.3, 0.4) is 0 Å². The molecule has 0 radical (unpaired) electrons. The summed E-state index contributed by atoms with van der Waals surface area (Å²) in [6.45, 7) is 6.03. The predicted octanol–water partition coefficient (Wildman–Crippen LogP) is 4.83. The normalized spacial score (nSPS) is 12.9. The maximum atomic E-state index is 12.5. The van der Waals surface area contributed by atoms with E-state index >= 15 is 0 Å². The number of amides is 2. The van der Waals surface area contributed by atoms with Crippen LogP contribution in [0.4, 0.5) is 5.13 Å². The van der Waals surface area contributed by atoms with Crippen molar-refractivity contribution in [3.63, 3.8) is 0 Å². The number of aryl methyl sites for hydroxylation is 1. The molecule has 3 aromatic rings. The van der Waals surface area contributed by atoms with Crippen molar-refractivity contribution in [2.45, 2.75) is 19.8 Å². The molecular weight excluding hydrogens is 382 g/mol. The van der Waals surface area contributed by atoms with Gasteiger partial charge in [0.25, 0.3) is 5.91 Å². The highest BCUT2D eigenvalue weighted by atomic mass is 32.1. The van der Waals surface area contributed by atoms with Crippen molar-refractivity contribution < 1.29 is 9.59 Å². The highest BCUT2D eigenvalue weighted by Crippen LogP contribution is 2.31. The minimum Gasteiger partial charge on any atom is -0.300 e. The van der Waals surface area contributed by atoms with Crippen molar-refractivity contribution in [2.24, 2.45) is 0 Å². The van der Waals surface area contributed by atoms with E-state index in [0.29, 0.717) is 16.4 Å². The Labute approximate surface area is 173 Å². The summed E-state index contributed by atoms with van der Waals surface area (Å²) in [6, 6.07) is 15.6. The van der Waals surface area contributed by atoms with Crippen LogP contribution in [-0.2, 0) is 11.2 Å². The number of anilines is 1. The summed E-state index contributed by atoms with van der Waals surface area (Å²) in [6.07, 6.45) is 2.17. The van der Waals surface area contributed by atoms with E-state index in [9.17, 15) is 9.59 Å². The number of hydrogen-bond acceptors (Lipinski definition) is 4. The number of nitrogens with zero attached hydrogens (tertiary/aromatic N) is 2. The highest BCUT2D eigenvalue weighted by Gasteiger charge is 2.31. The number of benzene rings is 2. The van der Waals surface area contributed by atoms with Gasteiger partial charge in [0.2, 0.25) is 5.91 Å². The van der Waals surface area contributed by atoms with Gasteiger partial charge in [-0.05, 0) is 18.1 Å². The molecule has 5 nitrogen and oxygen atoms in total. The first kappa shape index (κ1) is 19.1. The van der Waals surface area contributed by atoms with Gasteiger partial charge in [-0.15, -0.1) is 11.3 Å². The first-order valence-corrected chi connectivity index (χ1v) is 10.4. The Morgan fingerprint density at radius 3 is 2.55 bits per heavy atom. The maximum Gasteiger partial charge on any atom is 0.259 e. The van der Waals surface area contributed by atoms with Crippen molar-refractivity contribution in [3.8, 4) is 11.3 Å². The van der Waals surface area contributed by atoms with Crippen LogP contribution < -0.4 is 5.32 Å². The lowest BCUT2D eigenvalue weighted by molar-refractivity contribution is -0.116. The molecule has 0 fully saturated rings. The van der Waals surface area contributed by atoms with Crippen LogP contribution in [0.2, 0.25) is 0 Å². The molecule has 2 amide bonds. The number of thiazole rings is 1. The lowest BCUT2D eigenvalue weighted by atomic mass is 10.1. The van der Waals surface area contributed by atoms with E-state index in [4.69, 9.17) is 0 Å². The van der Waals surface area contributed by atoms with Crippen LogP contribution >= 0.6 is 11.3 Å². The van der Waals surface area contributed by atoms with E-state index < -0.39 is 0 Å². The molecule has 146 valence electrons. The van der Waals surface area contributed by atoms with Crippen LogP contribution in [0, 0.1) is 0 Å². The second-order valence-electron chi connectivity index (χ2n) is 6.92. The SMILES string of the molecule is C=C1c2ccccc2C(=O)N1CC(=O)Nc1nc(-c2ccc(CCC)cc2)cs1. The highest BCUT2D eigenvalue weighted by molar-refractivity contribution is 7.14. The Hall–Kier alpha value is -3.25. The third-order valence-electron chi connectivity index (χ3n) is 4.88. The first-order valence-electron chi connectivity index (χ1n) is 9.51. The summed E-state index contributed by atoms with van der Waals surface area (Å²) in [4.78, 5) is 30.9. The average molecular weight is 404 g/mol. The van der Waals surface area contributed by atoms with E-state index in [0.717, 1.165) is 29.7 Å². The quantitative estimate of drug-likeness (QED) is 0.641. The van der Waals surface area contributed by atoms with E-state index in [1.807, 2.05) is 17.5 Å². The van der Waals surface area contributed by atoms with Gasteiger partial charge in [0.1, 0.15) is 6.54 Å². The zero-order chi connectivity index (χ0) is 20.4. The van der Waals surface area contributed by atoms with E-state index in [1.165, 1.54) is 21.8 Å². The molecule has 2 aromatic carbocycles. The van der Waals surface area contributed by atoms with Crippen LogP contribution in [0.25, 0.3) is 17.0 Å². The molecule has 0 unspecified atom stereocenters. The molecule has 1 aromatic heterocycles. The van der Waals surface area contributed by atoms with Gasteiger partial charge in [-0.2, -0.15) is 0 Å². The van der Waals surface area contributed by atoms with Crippen LogP contribution in [-0.4, -0.2) is 28.2 Å². The summed E-state index contributed by atoms with van der Waals surface area (Å²) >= 11 is 1.37. The molecule has 1 aliphatic heterocycles. The van der Waals surface area contributed by atoms with Crippen LogP contribution in [0.1, 0.15) is 34.8 Å². The Bertz CT molecular complexity index is 1050. The predicted molar refractivity (Wildman–Crippen MR) is 117 cm³/mol. The largest absolute Gasteiger partial charge is 0.300 e. The van der Waals surface area contributed by atoms with Crippen molar-refractivity contribution in [1.29, 1.82) is 0 Å². The lowest BCUT2D eigenvalue weighted by Gasteiger charge is -2.16. The molecule has 4 rings (SSSR count). The molecule has 29 heavy (non-hydrogen) atoms. The molecule has 1 N–H and O–H groups in total. The maximum absolute atomic E-state index is 12.5. The Kier molecular flexibility index (Phi) is 5.27. The van der Waals surface area contributed by atoms with E-state index in [-0.39, 0.29) is 18.4 Å². The second kappa shape index (κ2) is 8.01. The lowest BCUT2D eigenvalue weighted by Crippen LogP contribution is -2.32. The number of hydrogen-bond donors (Lipinski definition) is 1. The fraction of sp³-hybridized carbons (Fsp3) is 0.174. The average Bonchev–Trinajstić information content (AvgIpc) is 3.28. The molecule has 0 saturated carbocycles. The zero-order valence-electron chi connectivity index (χ0n) is 16.1. The minimum absolute atomic E-state index is 0.0903. The standard InChI is InChI=1S/C23H21N3O2S/c1-3-6-16-9-11-17(12-10-16)20-14-29-23(24-20)25-21(27)13-26-15(2)18-7-4-5-8-19(18)22(26)28/h4-5,7-12,14H,2-3,6,13H2,1H3,(H,24,25,27). The Balaban J connectivity index is 1.41. The van der Waals surface area contributed by atoms with Crippen LogP contribution in [0.5, 0.6) is 0 Å². The third kappa shape index (κ3) is 3.84. The number of fused-ring (bicyclic) bond motifs is 1. The molecule has 0 saturated heterocycles. The van der Waals surface area contributed by atoms with Gasteiger partial charge in [0, 0.05) is 27.8 Å². The summed E-state index contributed by atoms with van der Waals surface area (Å²) in [5.41, 5.74) is 5.04. The third-order valence-corrected chi connectivity index (χ3v) is 5.64. The first-order chi connectivity index (χ1) is 14.1. The van der Waals surface area contributed by atoms with Crippen molar-refractivity contribution >= 4 is 34.0 Å². The monoisotopic (exact) mass is 403 g/mol. The Morgan fingerprint density at radius 1 is 1.14 bits per heavy atom. The topological polar surface area (TPSA) is 62.3 Å². The summed E-state index contributed by atoms with van der Waals surface area (Å²) in [5, 5.41) is 5.22. The number of carbonyl (C=O) groups is 2. The Morgan fingerprint density at radius 2 is 1.86 bits per heavy atom. The van der Waals surface area contributed by atoms with E-state index in [1.54, 1.807) is 12.1 Å². The minimum atomic E-state index is -0.300. The summed E-state index contributed by atoms with van der Waals surface area (Å²) in [7, 11) is 0. The molecule has 2 heterocycles. The fourth-order valence-electron chi connectivity index (χ4n) is 3.40. The molecule has 1 aliphatic rings. The van der Waals surface area contributed by atoms with Crippen LogP contribution in [0.15, 0.2) is 60.5 Å². The molecule has 6 heteroatoms. The number of rotatable bonds is 6. The van der Waals surface area contributed by atoms with Gasteiger partial charge in [-0.25, -0.2) is 4.98 Å². The molecule has 0 bridgehead atoms.